The van der Waals surface area contributed by atoms with E-state index in [2.05, 4.69) is 31.4 Å². The Morgan fingerprint density at radius 3 is 2.88 bits per heavy atom. The van der Waals surface area contributed by atoms with E-state index in [1.165, 1.54) is 7.05 Å². The molecule has 0 aliphatic carbocycles. The molecular formula is C10H9BrN4O. The van der Waals surface area contributed by atoms with Crippen LogP contribution in [0.2, 0.25) is 0 Å². The lowest BCUT2D eigenvalue weighted by atomic mass is 10.1. The van der Waals surface area contributed by atoms with Crippen LogP contribution in [0, 0.1) is 0 Å². The Labute approximate surface area is 100 Å². The van der Waals surface area contributed by atoms with E-state index >= 15 is 0 Å². The zero-order valence-corrected chi connectivity index (χ0v) is 10.1. The zero-order valence-electron chi connectivity index (χ0n) is 8.49. The van der Waals surface area contributed by atoms with Crippen molar-refractivity contribution in [3.8, 4) is 0 Å². The first kappa shape index (κ1) is 10.8. The SMILES string of the molecule is CNC(=O)c1nnc2c(Br)cccc2c1N. The van der Waals surface area contributed by atoms with Crippen LogP contribution in [0.1, 0.15) is 10.5 Å². The highest BCUT2D eigenvalue weighted by atomic mass is 79.9. The molecule has 3 N–H and O–H groups in total. The number of halogens is 1. The standard InChI is InChI=1S/C10H9BrN4O/c1-13-10(16)9-7(12)5-3-2-4-6(11)8(5)14-15-9/h2-4H,1H3,(H2,12,14)(H,13,16). The number of amides is 1. The van der Waals surface area contributed by atoms with Gasteiger partial charge < -0.3 is 11.1 Å². The number of nitrogen functional groups attached to an aromatic ring is 1. The van der Waals surface area contributed by atoms with Crippen molar-refractivity contribution in [2.45, 2.75) is 0 Å². The summed E-state index contributed by atoms with van der Waals surface area (Å²) in [5.41, 5.74) is 7.01. The highest BCUT2D eigenvalue weighted by molar-refractivity contribution is 9.10. The van der Waals surface area contributed by atoms with E-state index < -0.39 is 0 Å². The number of hydrogen-bond acceptors (Lipinski definition) is 4. The molecule has 0 radical (unpaired) electrons. The normalized spacial score (nSPS) is 10.4. The zero-order chi connectivity index (χ0) is 11.7. The van der Waals surface area contributed by atoms with Crippen LogP contribution in [0.15, 0.2) is 22.7 Å². The summed E-state index contributed by atoms with van der Waals surface area (Å²) in [7, 11) is 1.52. The number of hydrogen-bond donors (Lipinski definition) is 2. The van der Waals surface area contributed by atoms with Crippen molar-refractivity contribution < 1.29 is 4.79 Å². The van der Waals surface area contributed by atoms with Gasteiger partial charge in [-0.2, -0.15) is 0 Å². The lowest BCUT2D eigenvalue weighted by Crippen LogP contribution is -2.21. The maximum atomic E-state index is 11.5. The van der Waals surface area contributed by atoms with E-state index in [9.17, 15) is 4.79 Å². The Morgan fingerprint density at radius 1 is 1.44 bits per heavy atom. The number of aromatic nitrogens is 2. The van der Waals surface area contributed by atoms with Crippen molar-refractivity contribution in [2.24, 2.45) is 0 Å². The summed E-state index contributed by atoms with van der Waals surface area (Å²) in [6.07, 6.45) is 0. The predicted molar refractivity (Wildman–Crippen MR) is 65.0 cm³/mol. The van der Waals surface area contributed by atoms with Gasteiger partial charge in [0, 0.05) is 16.9 Å². The minimum atomic E-state index is -0.341. The molecule has 2 aromatic rings. The van der Waals surface area contributed by atoms with E-state index in [4.69, 9.17) is 5.73 Å². The van der Waals surface area contributed by atoms with Crippen LogP contribution < -0.4 is 11.1 Å². The summed E-state index contributed by atoms with van der Waals surface area (Å²) in [6.45, 7) is 0. The van der Waals surface area contributed by atoms with Crippen LogP contribution in [0.5, 0.6) is 0 Å². The van der Waals surface area contributed by atoms with E-state index in [0.717, 1.165) is 4.47 Å². The summed E-state index contributed by atoms with van der Waals surface area (Å²) in [5.74, 6) is -0.341. The number of nitrogens with one attached hydrogen (secondary N) is 1. The third kappa shape index (κ3) is 1.61. The molecule has 0 bridgehead atoms. The van der Waals surface area contributed by atoms with Crippen LogP contribution in [0.4, 0.5) is 5.69 Å². The molecule has 0 unspecified atom stereocenters. The molecule has 1 heterocycles. The van der Waals surface area contributed by atoms with Crippen molar-refractivity contribution in [3.05, 3.63) is 28.4 Å². The second kappa shape index (κ2) is 4.05. The molecule has 2 rings (SSSR count). The minimum absolute atomic E-state index is 0.146. The Morgan fingerprint density at radius 2 is 2.19 bits per heavy atom. The first-order valence-corrected chi connectivity index (χ1v) is 5.37. The Hall–Kier alpha value is -1.69. The van der Waals surface area contributed by atoms with Crippen molar-refractivity contribution in [1.29, 1.82) is 0 Å². The number of rotatable bonds is 1. The smallest absolute Gasteiger partial charge is 0.273 e. The van der Waals surface area contributed by atoms with E-state index in [1.807, 2.05) is 12.1 Å². The molecule has 0 fully saturated rings. The summed E-state index contributed by atoms with van der Waals surface area (Å²) in [4.78, 5) is 11.5. The van der Waals surface area contributed by atoms with E-state index in [-0.39, 0.29) is 11.6 Å². The quantitative estimate of drug-likeness (QED) is 0.826. The number of carbonyl (C=O) groups is 1. The number of carbonyl (C=O) groups excluding carboxylic acids is 1. The van der Waals surface area contributed by atoms with Crippen LogP contribution in [0.3, 0.4) is 0 Å². The van der Waals surface area contributed by atoms with Gasteiger partial charge in [-0.3, -0.25) is 4.79 Å². The fourth-order valence-corrected chi connectivity index (χ4v) is 1.85. The van der Waals surface area contributed by atoms with Gasteiger partial charge in [-0.1, -0.05) is 12.1 Å². The first-order valence-electron chi connectivity index (χ1n) is 4.57. The summed E-state index contributed by atoms with van der Waals surface area (Å²) < 4.78 is 0.799. The second-order valence-electron chi connectivity index (χ2n) is 3.18. The lowest BCUT2D eigenvalue weighted by molar-refractivity contribution is 0.0958. The molecule has 1 aromatic heterocycles. The number of nitrogens with two attached hydrogens (primary N) is 1. The van der Waals surface area contributed by atoms with Gasteiger partial charge in [0.2, 0.25) is 0 Å². The molecule has 16 heavy (non-hydrogen) atoms. The Bertz CT molecular complexity index is 570. The maximum absolute atomic E-state index is 11.5. The monoisotopic (exact) mass is 280 g/mol. The lowest BCUT2D eigenvalue weighted by Gasteiger charge is -2.06. The van der Waals surface area contributed by atoms with Crippen LogP contribution in [-0.2, 0) is 0 Å². The fourth-order valence-electron chi connectivity index (χ4n) is 1.40. The summed E-state index contributed by atoms with van der Waals surface area (Å²) >= 11 is 3.35. The van der Waals surface area contributed by atoms with Gasteiger partial charge in [0.15, 0.2) is 5.69 Å². The van der Waals surface area contributed by atoms with Crippen LogP contribution >= 0.6 is 15.9 Å². The van der Waals surface area contributed by atoms with Crippen LogP contribution in [-0.4, -0.2) is 23.2 Å². The maximum Gasteiger partial charge on any atom is 0.273 e. The van der Waals surface area contributed by atoms with Gasteiger partial charge in [-0.25, -0.2) is 0 Å². The van der Waals surface area contributed by atoms with Crippen LogP contribution in [0.25, 0.3) is 10.9 Å². The molecule has 1 amide bonds. The van der Waals surface area contributed by atoms with E-state index in [0.29, 0.717) is 16.6 Å². The Balaban J connectivity index is 2.75. The number of anilines is 1. The molecule has 6 heteroatoms. The molecule has 0 spiro atoms. The highest BCUT2D eigenvalue weighted by Crippen LogP contribution is 2.26. The molecule has 0 saturated carbocycles. The molecule has 1 aromatic carbocycles. The average molecular weight is 281 g/mol. The molecule has 82 valence electrons. The molecule has 5 nitrogen and oxygen atoms in total. The third-order valence-corrected chi connectivity index (χ3v) is 2.86. The predicted octanol–water partition coefficient (Wildman–Crippen LogP) is 1.33. The van der Waals surface area contributed by atoms with Crippen molar-refractivity contribution >= 4 is 38.4 Å². The van der Waals surface area contributed by atoms with Gasteiger partial charge in [-0.05, 0) is 22.0 Å². The average Bonchev–Trinajstić information content (AvgIpc) is 2.30. The molecule has 0 atom stereocenters. The van der Waals surface area contributed by atoms with E-state index in [1.54, 1.807) is 6.07 Å². The summed E-state index contributed by atoms with van der Waals surface area (Å²) in [6, 6.07) is 5.48. The highest BCUT2D eigenvalue weighted by Gasteiger charge is 2.14. The van der Waals surface area contributed by atoms with Gasteiger partial charge in [-0.15, -0.1) is 10.2 Å². The molecule has 0 aliphatic rings. The summed E-state index contributed by atoms with van der Waals surface area (Å²) in [5, 5.41) is 11.0. The van der Waals surface area contributed by atoms with Gasteiger partial charge >= 0.3 is 0 Å². The molecule has 0 aliphatic heterocycles. The number of benzene rings is 1. The van der Waals surface area contributed by atoms with Gasteiger partial charge in [0.05, 0.1) is 5.69 Å². The number of fused-ring (bicyclic) bond motifs is 1. The van der Waals surface area contributed by atoms with Gasteiger partial charge in [0.1, 0.15) is 5.52 Å². The first-order chi connectivity index (χ1) is 7.65. The molecular weight excluding hydrogens is 272 g/mol. The van der Waals surface area contributed by atoms with Crippen molar-refractivity contribution in [3.63, 3.8) is 0 Å². The fraction of sp³-hybridized carbons (Fsp3) is 0.100. The van der Waals surface area contributed by atoms with Crippen molar-refractivity contribution in [2.75, 3.05) is 12.8 Å². The second-order valence-corrected chi connectivity index (χ2v) is 4.03. The van der Waals surface area contributed by atoms with Crippen molar-refractivity contribution in [1.82, 2.24) is 15.5 Å². The number of nitrogens with zero attached hydrogens (tertiary/aromatic N) is 2. The third-order valence-electron chi connectivity index (χ3n) is 2.22. The Kier molecular flexibility index (Phi) is 2.74. The minimum Gasteiger partial charge on any atom is -0.396 e. The van der Waals surface area contributed by atoms with Gasteiger partial charge in [0.25, 0.3) is 5.91 Å². The molecule has 0 saturated heterocycles. The topological polar surface area (TPSA) is 80.9 Å². The largest absolute Gasteiger partial charge is 0.396 e.